The highest BCUT2D eigenvalue weighted by Crippen LogP contribution is 2.32. The lowest BCUT2D eigenvalue weighted by Crippen LogP contribution is -2.50. The number of hydrogen-bond donors (Lipinski definition) is 1. The minimum atomic E-state index is -1.56. The largest absolute Gasteiger partial charge is 0.311 e. The van der Waals surface area contributed by atoms with Crippen molar-refractivity contribution in [3.8, 4) is 0 Å². The van der Waals surface area contributed by atoms with Crippen molar-refractivity contribution < 1.29 is 18.0 Å². The highest BCUT2D eigenvalue weighted by atomic mass is 19.2. The van der Waals surface area contributed by atoms with Crippen LogP contribution in [0.2, 0.25) is 0 Å². The second kappa shape index (κ2) is 5.20. The molecule has 0 aromatic heterocycles. The van der Waals surface area contributed by atoms with Gasteiger partial charge in [-0.1, -0.05) is 6.42 Å². The fourth-order valence-corrected chi connectivity index (χ4v) is 3.42. The maximum absolute atomic E-state index is 13.7. The summed E-state index contributed by atoms with van der Waals surface area (Å²) in [7, 11) is 0. The zero-order valence-corrected chi connectivity index (χ0v) is 11.0. The van der Waals surface area contributed by atoms with E-state index >= 15 is 0 Å². The number of benzene rings is 1. The predicted molar refractivity (Wildman–Crippen MR) is 67.9 cm³/mol. The van der Waals surface area contributed by atoms with Crippen LogP contribution < -0.4 is 5.32 Å². The van der Waals surface area contributed by atoms with Crippen LogP contribution in [0.4, 0.5) is 13.2 Å². The molecular weight excluding hydrogens is 267 g/mol. The molecule has 0 aliphatic carbocycles. The highest BCUT2D eigenvalue weighted by molar-refractivity contribution is 5.98. The number of ketones is 1. The standard InChI is InChI=1S/C15H16F3NO/c16-12-5-4-11(13(17)14(12)18)15(20)8-6-9-2-1-3-10(7-8)19-9/h4-5,8-10,19H,1-3,6-7H2. The summed E-state index contributed by atoms with van der Waals surface area (Å²) in [6.45, 7) is 0. The van der Waals surface area contributed by atoms with Crippen LogP contribution in [-0.4, -0.2) is 17.9 Å². The van der Waals surface area contributed by atoms with Gasteiger partial charge in [0.25, 0.3) is 0 Å². The van der Waals surface area contributed by atoms with E-state index in [1.54, 1.807) is 0 Å². The molecule has 2 unspecified atom stereocenters. The average molecular weight is 283 g/mol. The Morgan fingerprint density at radius 3 is 2.35 bits per heavy atom. The van der Waals surface area contributed by atoms with Crippen LogP contribution in [0.25, 0.3) is 0 Å². The third-order valence-corrected chi connectivity index (χ3v) is 4.39. The Bertz CT molecular complexity index is 534. The fraction of sp³-hybridized carbons (Fsp3) is 0.533. The molecule has 1 N–H and O–H groups in total. The van der Waals surface area contributed by atoms with Crippen LogP contribution >= 0.6 is 0 Å². The Balaban J connectivity index is 1.84. The maximum Gasteiger partial charge on any atom is 0.195 e. The second-order valence-corrected chi connectivity index (χ2v) is 5.75. The van der Waals surface area contributed by atoms with E-state index in [4.69, 9.17) is 0 Å². The van der Waals surface area contributed by atoms with Crippen molar-refractivity contribution in [1.29, 1.82) is 0 Å². The number of hydrogen-bond acceptors (Lipinski definition) is 2. The van der Waals surface area contributed by atoms with E-state index in [-0.39, 0.29) is 23.6 Å². The number of Topliss-reactive ketones (excluding diaryl/α,β-unsaturated/α-hetero) is 1. The van der Waals surface area contributed by atoms with Crippen LogP contribution in [0.15, 0.2) is 12.1 Å². The monoisotopic (exact) mass is 283 g/mol. The van der Waals surface area contributed by atoms with E-state index in [2.05, 4.69) is 5.32 Å². The van der Waals surface area contributed by atoms with Crippen LogP contribution in [0.5, 0.6) is 0 Å². The lowest BCUT2D eigenvalue weighted by atomic mass is 9.77. The SMILES string of the molecule is O=C(c1ccc(F)c(F)c1F)C1CC2CCCC(C1)N2. The molecule has 2 aliphatic heterocycles. The summed E-state index contributed by atoms with van der Waals surface area (Å²) in [5.41, 5.74) is -0.325. The molecule has 108 valence electrons. The molecule has 2 nitrogen and oxygen atoms in total. The Labute approximate surface area is 115 Å². The molecule has 3 rings (SSSR count). The summed E-state index contributed by atoms with van der Waals surface area (Å²) in [4.78, 5) is 12.4. The van der Waals surface area contributed by atoms with E-state index in [0.29, 0.717) is 12.8 Å². The topological polar surface area (TPSA) is 29.1 Å². The number of rotatable bonds is 2. The molecule has 2 atom stereocenters. The van der Waals surface area contributed by atoms with Gasteiger partial charge in [0.15, 0.2) is 23.2 Å². The van der Waals surface area contributed by atoms with Crippen molar-refractivity contribution in [2.45, 2.75) is 44.2 Å². The first-order valence-corrected chi connectivity index (χ1v) is 7.00. The van der Waals surface area contributed by atoms with Gasteiger partial charge in [-0.05, 0) is 37.8 Å². The smallest absolute Gasteiger partial charge is 0.195 e. The van der Waals surface area contributed by atoms with E-state index < -0.39 is 23.2 Å². The van der Waals surface area contributed by atoms with Crippen molar-refractivity contribution in [1.82, 2.24) is 5.32 Å². The van der Waals surface area contributed by atoms with E-state index in [9.17, 15) is 18.0 Å². The third-order valence-electron chi connectivity index (χ3n) is 4.39. The summed E-state index contributed by atoms with van der Waals surface area (Å²) in [6.07, 6.45) is 4.46. The minimum absolute atomic E-state index is 0.282. The first-order chi connectivity index (χ1) is 9.56. The van der Waals surface area contributed by atoms with Crippen molar-refractivity contribution in [2.75, 3.05) is 0 Å². The van der Waals surface area contributed by atoms with Crippen molar-refractivity contribution in [3.63, 3.8) is 0 Å². The Morgan fingerprint density at radius 2 is 1.70 bits per heavy atom. The normalized spacial score (nSPS) is 29.2. The highest BCUT2D eigenvalue weighted by Gasteiger charge is 2.36. The quantitative estimate of drug-likeness (QED) is 0.667. The summed E-state index contributed by atoms with van der Waals surface area (Å²) in [6, 6.07) is 2.43. The molecule has 2 fully saturated rings. The molecule has 1 aromatic carbocycles. The van der Waals surface area contributed by atoms with E-state index in [1.165, 1.54) is 0 Å². The molecule has 2 heterocycles. The Morgan fingerprint density at radius 1 is 1.05 bits per heavy atom. The zero-order valence-electron chi connectivity index (χ0n) is 11.0. The van der Waals surface area contributed by atoms with Gasteiger partial charge in [0, 0.05) is 18.0 Å². The number of fused-ring (bicyclic) bond motifs is 2. The second-order valence-electron chi connectivity index (χ2n) is 5.75. The van der Waals surface area contributed by atoms with Crippen LogP contribution in [0.1, 0.15) is 42.5 Å². The Kier molecular flexibility index (Phi) is 3.54. The van der Waals surface area contributed by atoms with Gasteiger partial charge in [-0.2, -0.15) is 0 Å². The third kappa shape index (κ3) is 2.35. The number of carbonyl (C=O) groups is 1. The molecule has 0 saturated carbocycles. The van der Waals surface area contributed by atoms with Crippen LogP contribution in [-0.2, 0) is 0 Å². The average Bonchev–Trinajstić information content (AvgIpc) is 2.44. The van der Waals surface area contributed by atoms with Gasteiger partial charge >= 0.3 is 0 Å². The zero-order chi connectivity index (χ0) is 14.3. The van der Waals surface area contributed by atoms with Gasteiger partial charge in [0.1, 0.15) is 0 Å². The van der Waals surface area contributed by atoms with Gasteiger partial charge in [-0.3, -0.25) is 4.79 Å². The first kappa shape index (κ1) is 13.6. The first-order valence-electron chi connectivity index (χ1n) is 7.00. The van der Waals surface area contributed by atoms with Crippen LogP contribution in [0.3, 0.4) is 0 Å². The molecular formula is C15H16F3NO. The molecule has 0 spiro atoms. The summed E-state index contributed by atoms with van der Waals surface area (Å²) < 4.78 is 39.9. The van der Waals surface area contributed by atoms with Crippen molar-refractivity contribution in [2.24, 2.45) is 5.92 Å². The van der Waals surface area contributed by atoms with Gasteiger partial charge in [0.2, 0.25) is 0 Å². The molecule has 1 aromatic rings. The number of nitrogens with one attached hydrogen (secondary N) is 1. The molecule has 5 heteroatoms. The number of piperidine rings is 2. The van der Waals surface area contributed by atoms with E-state index in [1.807, 2.05) is 0 Å². The summed E-state index contributed by atoms with van der Waals surface area (Å²) in [5, 5.41) is 3.44. The molecule has 20 heavy (non-hydrogen) atoms. The maximum atomic E-state index is 13.7. The predicted octanol–water partition coefficient (Wildman–Crippen LogP) is 3.21. The minimum Gasteiger partial charge on any atom is -0.311 e. The number of halogens is 3. The van der Waals surface area contributed by atoms with Crippen LogP contribution in [0, 0.1) is 23.4 Å². The lowest BCUT2D eigenvalue weighted by molar-refractivity contribution is 0.0819. The molecule has 2 saturated heterocycles. The molecule has 0 amide bonds. The number of carbonyl (C=O) groups excluding carboxylic acids is 1. The van der Waals surface area contributed by atoms with Gasteiger partial charge in [0.05, 0.1) is 5.56 Å². The summed E-state index contributed by atoms with van der Waals surface area (Å²) >= 11 is 0. The van der Waals surface area contributed by atoms with Crippen molar-refractivity contribution in [3.05, 3.63) is 35.1 Å². The van der Waals surface area contributed by atoms with Gasteiger partial charge < -0.3 is 5.32 Å². The molecule has 2 aliphatic rings. The van der Waals surface area contributed by atoms with E-state index in [0.717, 1.165) is 31.4 Å². The van der Waals surface area contributed by atoms with Crippen molar-refractivity contribution >= 4 is 5.78 Å². The lowest BCUT2D eigenvalue weighted by Gasteiger charge is -2.39. The fourth-order valence-electron chi connectivity index (χ4n) is 3.42. The Hall–Kier alpha value is -1.36. The summed E-state index contributed by atoms with van der Waals surface area (Å²) in [5.74, 6) is -4.89. The molecule has 2 bridgehead atoms. The van der Waals surface area contributed by atoms with Gasteiger partial charge in [-0.25, -0.2) is 13.2 Å². The van der Waals surface area contributed by atoms with Gasteiger partial charge in [-0.15, -0.1) is 0 Å². The molecule has 0 radical (unpaired) electrons.